The molecule has 1 aliphatic rings. The maximum absolute atomic E-state index is 13.7. The van der Waals surface area contributed by atoms with Crippen molar-refractivity contribution in [3.63, 3.8) is 0 Å². The SMILES string of the molecule is CCN1CCN(CC(N)c2ccc(F)cc2F)CC1C. The standard InChI is InChI=1S/C15H23F2N3/c1-3-20-7-6-19(9-11(20)2)10-15(18)13-5-4-12(16)8-14(13)17/h4-5,8,11,15H,3,6-7,9-10,18H2,1-2H3. The summed E-state index contributed by atoms with van der Waals surface area (Å²) < 4.78 is 26.6. The first-order valence-electron chi connectivity index (χ1n) is 7.18. The van der Waals surface area contributed by atoms with Gasteiger partial charge in [0.1, 0.15) is 11.6 Å². The van der Waals surface area contributed by atoms with Crippen LogP contribution in [0.25, 0.3) is 0 Å². The largest absolute Gasteiger partial charge is 0.323 e. The van der Waals surface area contributed by atoms with E-state index in [4.69, 9.17) is 5.73 Å². The molecular weight excluding hydrogens is 260 g/mol. The maximum atomic E-state index is 13.7. The number of hydrogen-bond donors (Lipinski definition) is 1. The molecule has 0 amide bonds. The predicted molar refractivity (Wildman–Crippen MR) is 76.4 cm³/mol. The summed E-state index contributed by atoms with van der Waals surface area (Å²) in [7, 11) is 0. The fourth-order valence-corrected chi connectivity index (χ4v) is 2.89. The molecule has 1 aromatic carbocycles. The number of rotatable bonds is 4. The minimum Gasteiger partial charge on any atom is -0.323 e. The van der Waals surface area contributed by atoms with Crippen LogP contribution in [0, 0.1) is 11.6 Å². The molecule has 0 radical (unpaired) electrons. The van der Waals surface area contributed by atoms with Gasteiger partial charge in [-0.05, 0) is 19.5 Å². The van der Waals surface area contributed by atoms with E-state index in [0.717, 1.165) is 32.2 Å². The molecule has 0 spiro atoms. The zero-order valence-corrected chi connectivity index (χ0v) is 12.1. The fraction of sp³-hybridized carbons (Fsp3) is 0.600. The van der Waals surface area contributed by atoms with Gasteiger partial charge in [0, 0.05) is 49.9 Å². The quantitative estimate of drug-likeness (QED) is 0.917. The second kappa shape index (κ2) is 6.61. The highest BCUT2D eigenvalue weighted by atomic mass is 19.1. The molecule has 1 heterocycles. The van der Waals surface area contributed by atoms with Gasteiger partial charge in [0.05, 0.1) is 0 Å². The highest BCUT2D eigenvalue weighted by molar-refractivity contribution is 5.22. The van der Waals surface area contributed by atoms with E-state index in [9.17, 15) is 8.78 Å². The molecule has 20 heavy (non-hydrogen) atoms. The number of nitrogens with two attached hydrogens (primary N) is 1. The van der Waals surface area contributed by atoms with E-state index in [0.29, 0.717) is 18.2 Å². The predicted octanol–water partition coefficient (Wildman–Crippen LogP) is 1.99. The second-order valence-electron chi connectivity index (χ2n) is 5.51. The van der Waals surface area contributed by atoms with E-state index in [2.05, 4.69) is 23.6 Å². The van der Waals surface area contributed by atoms with Crippen molar-refractivity contribution < 1.29 is 8.78 Å². The molecule has 5 heteroatoms. The Morgan fingerprint density at radius 3 is 2.70 bits per heavy atom. The smallest absolute Gasteiger partial charge is 0.130 e. The Balaban J connectivity index is 1.96. The zero-order chi connectivity index (χ0) is 14.7. The first-order valence-corrected chi connectivity index (χ1v) is 7.18. The van der Waals surface area contributed by atoms with Crippen LogP contribution in [0.1, 0.15) is 25.5 Å². The number of piperazine rings is 1. The van der Waals surface area contributed by atoms with Crippen LogP contribution in [-0.4, -0.2) is 48.6 Å². The summed E-state index contributed by atoms with van der Waals surface area (Å²) in [4.78, 5) is 4.67. The molecule has 0 aliphatic carbocycles. The van der Waals surface area contributed by atoms with E-state index in [1.165, 1.54) is 12.1 Å². The Bertz CT molecular complexity index is 453. The molecule has 1 saturated heterocycles. The zero-order valence-electron chi connectivity index (χ0n) is 12.1. The van der Waals surface area contributed by atoms with Gasteiger partial charge in [-0.2, -0.15) is 0 Å². The highest BCUT2D eigenvalue weighted by Crippen LogP contribution is 2.19. The van der Waals surface area contributed by atoms with Gasteiger partial charge in [0.2, 0.25) is 0 Å². The molecule has 0 bridgehead atoms. The van der Waals surface area contributed by atoms with Crippen LogP contribution in [0.5, 0.6) is 0 Å². The first kappa shape index (κ1) is 15.4. The second-order valence-corrected chi connectivity index (χ2v) is 5.51. The lowest BCUT2D eigenvalue weighted by atomic mass is 10.1. The molecule has 1 fully saturated rings. The summed E-state index contributed by atoms with van der Waals surface area (Å²) in [5.41, 5.74) is 6.46. The molecular formula is C15H23F2N3. The summed E-state index contributed by atoms with van der Waals surface area (Å²) in [6.07, 6.45) is 0. The average molecular weight is 283 g/mol. The van der Waals surface area contributed by atoms with E-state index in [1.807, 2.05) is 0 Å². The van der Waals surface area contributed by atoms with Gasteiger partial charge >= 0.3 is 0 Å². The van der Waals surface area contributed by atoms with Crippen LogP contribution in [0.3, 0.4) is 0 Å². The molecule has 1 aromatic rings. The van der Waals surface area contributed by atoms with Crippen LogP contribution in [0.15, 0.2) is 18.2 Å². The fourth-order valence-electron chi connectivity index (χ4n) is 2.89. The van der Waals surface area contributed by atoms with Crippen molar-refractivity contribution in [1.29, 1.82) is 0 Å². The minimum absolute atomic E-state index is 0.386. The van der Waals surface area contributed by atoms with Gasteiger partial charge in [0.15, 0.2) is 0 Å². The monoisotopic (exact) mass is 283 g/mol. The Labute approximate surface area is 119 Å². The highest BCUT2D eigenvalue weighted by Gasteiger charge is 2.24. The molecule has 2 unspecified atom stereocenters. The normalized spacial score (nSPS) is 22.9. The number of nitrogens with zero attached hydrogens (tertiary/aromatic N) is 2. The van der Waals surface area contributed by atoms with Gasteiger partial charge in [-0.15, -0.1) is 0 Å². The molecule has 2 rings (SSSR count). The Kier molecular flexibility index (Phi) is 5.07. The van der Waals surface area contributed by atoms with Crippen molar-refractivity contribution >= 4 is 0 Å². The topological polar surface area (TPSA) is 32.5 Å². The van der Waals surface area contributed by atoms with Crippen molar-refractivity contribution in [2.45, 2.75) is 25.9 Å². The van der Waals surface area contributed by atoms with Gasteiger partial charge in [-0.25, -0.2) is 8.78 Å². The van der Waals surface area contributed by atoms with Crippen molar-refractivity contribution in [2.75, 3.05) is 32.7 Å². The van der Waals surface area contributed by atoms with Crippen molar-refractivity contribution in [1.82, 2.24) is 9.80 Å². The summed E-state index contributed by atoms with van der Waals surface area (Å²) in [6, 6.07) is 3.67. The van der Waals surface area contributed by atoms with Crippen molar-refractivity contribution in [3.05, 3.63) is 35.4 Å². The summed E-state index contributed by atoms with van der Waals surface area (Å²) in [6.45, 7) is 8.89. The van der Waals surface area contributed by atoms with E-state index in [-0.39, 0.29) is 0 Å². The summed E-state index contributed by atoms with van der Waals surface area (Å²) in [5.74, 6) is -1.12. The van der Waals surface area contributed by atoms with Gasteiger partial charge in [0.25, 0.3) is 0 Å². The summed E-state index contributed by atoms with van der Waals surface area (Å²) >= 11 is 0. The average Bonchev–Trinajstić information content (AvgIpc) is 2.38. The first-order chi connectivity index (χ1) is 9.51. The van der Waals surface area contributed by atoms with E-state index in [1.54, 1.807) is 0 Å². The Morgan fingerprint density at radius 1 is 1.35 bits per heavy atom. The van der Waals surface area contributed by atoms with Gasteiger partial charge < -0.3 is 5.73 Å². The molecule has 2 atom stereocenters. The Hall–Kier alpha value is -1.04. The van der Waals surface area contributed by atoms with Crippen LogP contribution in [0.4, 0.5) is 8.78 Å². The van der Waals surface area contributed by atoms with Crippen LogP contribution < -0.4 is 5.73 Å². The van der Waals surface area contributed by atoms with Crippen molar-refractivity contribution in [3.8, 4) is 0 Å². The molecule has 1 aliphatic heterocycles. The summed E-state index contributed by atoms with van der Waals surface area (Å²) in [5, 5.41) is 0. The lowest BCUT2D eigenvalue weighted by Crippen LogP contribution is -2.52. The van der Waals surface area contributed by atoms with Crippen LogP contribution in [-0.2, 0) is 0 Å². The molecule has 2 N–H and O–H groups in total. The number of likely N-dealkylation sites (N-methyl/N-ethyl adjacent to an activating group) is 1. The lowest BCUT2D eigenvalue weighted by Gasteiger charge is -2.40. The lowest BCUT2D eigenvalue weighted by molar-refractivity contribution is 0.0839. The number of benzene rings is 1. The molecule has 112 valence electrons. The molecule has 0 saturated carbocycles. The third-order valence-electron chi connectivity index (χ3n) is 4.07. The Morgan fingerprint density at radius 2 is 2.10 bits per heavy atom. The minimum atomic E-state index is -0.566. The third kappa shape index (κ3) is 3.53. The van der Waals surface area contributed by atoms with E-state index < -0.39 is 17.7 Å². The third-order valence-corrected chi connectivity index (χ3v) is 4.07. The van der Waals surface area contributed by atoms with Gasteiger partial charge in [-0.3, -0.25) is 9.80 Å². The maximum Gasteiger partial charge on any atom is 0.130 e. The van der Waals surface area contributed by atoms with Crippen molar-refractivity contribution in [2.24, 2.45) is 5.73 Å². The van der Waals surface area contributed by atoms with Crippen LogP contribution in [0.2, 0.25) is 0 Å². The molecule has 0 aromatic heterocycles. The molecule has 3 nitrogen and oxygen atoms in total. The number of hydrogen-bond acceptors (Lipinski definition) is 3. The van der Waals surface area contributed by atoms with E-state index >= 15 is 0 Å². The van der Waals surface area contributed by atoms with Gasteiger partial charge in [-0.1, -0.05) is 13.0 Å². The van der Waals surface area contributed by atoms with Crippen LogP contribution >= 0.6 is 0 Å². The number of halogens is 2.